The fraction of sp³-hybridized carbons (Fsp3) is 0.0909. The molecule has 0 radical (unpaired) electrons. The molecule has 0 aliphatic heterocycles. The van der Waals surface area contributed by atoms with Crippen LogP contribution in [0.2, 0.25) is 0 Å². The molecule has 0 unspecified atom stereocenters. The Bertz CT molecular complexity index is 939. The third-order valence-electron chi connectivity index (χ3n) is 4.29. The second-order valence-electron chi connectivity index (χ2n) is 5.99. The topological polar surface area (TPSA) is 46.2 Å². The van der Waals surface area contributed by atoms with Gasteiger partial charge in [-0.15, -0.1) is 6.58 Å². The minimum atomic E-state index is -3.67. The van der Waals surface area contributed by atoms with Gasteiger partial charge in [-0.3, -0.25) is 0 Å². The van der Waals surface area contributed by atoms with Crippen molar-refractivity contribution in [3.63, 3.8) is 0 Å². The SMILES string of the molecule is C=C[C@@H](c1ccccc1)[C@H](NS(=O)(=O)c1ccccc1)c1ccccc1. The van der Waals surface area contributed by atoms with Crippen LogP contribution in [0, 0.1) is 0 Å². The molecule has 3 aromatic rings. The van der Waals surface area contributed by atoms with Crippen LogP contribution in [0.5, 0.6) is 0 Å². The molecule has 0 heterocycles. The Morgan fingerprint density at radius 1 is 0.731 bits per heavy atom. The maximum absolute atomic E-state index is 12.9. The van der Waals surface area contributed by atoms with Crippen molar-refractivity contribution in [2.24, 2.45) is 0 Å². The minimum absolute atomic E-state index is 0.197. The maximum Gasteiger partial charge on any atom is 0.241 e. The average molecular weight is 363 g/mol. The Labute approximate surface area is 155 Å². The van der Waals surface area contributed by atoms with Crippen molar-refractivity contribution < 1.29 is 8.42 Å². The molecule has 0 spiro atoms. The molecule has 0 fully saturated rings. The molecule has 1 N–H and O–H groups in total. The van der Waals surface area contributed by atoms with Crippen LogP contribution in [-0.2, 0) is 10.0 Å². The molecule has 26 heavy (non-hydrogen) atoms. The molecule has 0 saturated heterocycles. The van der Waals surface area contributed by atoms with Crippen LogP contribution in [0.1, 0.15) is 23.1 Å². The molecule has 0 bridgehead atoms. The van der Waals surface area contributed by atoms with Gasteiger partial charge in [0.25, 0.3) is 0 Å². The monoisotopic (exact) mass is 363 g/mol. The smallest absolute Gasteiger partial charge is 0.207 e. The van der Waals surface area contributed by atoms with Gasteiger partial charge in [0.1, 0.15) is 0 Å². The zero-order valence-electron chi connectivity index (χ0n) is 14.3. The molecule has 3 rings (SSSR count). The van der Waals surface area contributed by atoms with E-state index in [-0.39, 0.29) is 10.8 Å². The summed E-state index contributed by atoms with van der Waals surface area (Å²) >= 11 is 0. The lowest BCUT2D eigenvalue weighted by Gasteiger charge is -2.26. The number of hydrogen-bond acceptors (Lipinski definition) is 2. The lowest BCUT2D eigenvalue weighted by Crippen LogP contribution is -2.32. The summed E-state index contributed by atoms with van der Waals surface area (Å²) in [6.45, 7) is 3.95. The molecule has 4 heteroatoms. The maximum atomic E-state index is 12.9. The van der Waals surface area contributed by atoms with Crippen molar-refractivity contribution in [1.82, 2.24) is 4.72 Å². The zero-order valence-corrected chi connectivity index (χ0v) is 15.1. The average Bonchev–Trinajstić information content (AvgIpc) is 2.70. The van der Waals surface area contributed by atoms with E-state index >= 15 is 0 Å². The minimum Gasteiger partial charge on any atom is -0.207 e. The van der Waals surface area contributed by atoms with Crippen LogP contribution in [0.25, 0.3) is 0 Å². The molecule has 3 nitrogen and oxygen atoms in total. The van der Waals surface area contributed by atoms with E-state index in [0.29, 0.717) is 0 Å². The molecular formula is C22H21NO2S. The van der Waals surface area contributed by atoms with Crippen molar-refractivity contribution in [1.29, 1.82) is 0 Å². The second-order valence-corrected chi connectivity index (χ2v) is 7.71. The van der Waals surface area contributed by atoms with Gasteiger partial charge in [0.2, 0.25) is 10.0 Å². The fourth-order valence-corrected chi connectivity index (χ4v) is 4.25. The molecule has 2 atom stereocenters. The summed E-state index contributed by atoms with van der Waals surface area (Å²) in [6, 6.07) is 27.3. The summed E-state index contributed by atoms with van der Waals surface area (Å²) in [5, 5.41) is 0. The third-order valence-corrected chi connectivity index (χ3v) is 5.75. The lowest BCUT2D eigenvalue weighted by atomic mass is 9.88. The van der Waals surface area contributed by atoms with Crippen LogP contribution >= 0.6 is 0 Å². The highest BCUT2D eigenvalue weighted by Gasteiger charge is 2.27. The molecule has 0 aliphatic carbocycles. The molecular weight excluding hydrogens is 342 g/mol. The normalized spacial score (nSPS) is 13.7. The summed E-state index contributed by atoms with van der Waals surface area (Å²) in [7, 11) is -3.67. The van der Waals surface area contributed by atoms with E-state index in [1.807, 2.05) is 60.7 Å². The Hall–Kier alpha value is -2.69. The van der Waals surface area contributed by atoms with Gasteiger partial charge < -0.3 is 0 Å². The van der Waals surface area contributed by atoms with Crippen molar-refractivity contribution in [2.45, 2.75) is 16.9 Å². The molecule has 0 aromatic heterocycles. The Morgan fingerprint density at radius 2 is 1.19 bits per heavy atom. The number of rotatable bonds is 7. The van der Waals surface area contributed by atoms with E-state index in [1.54, 1.807) is 36.4 Å². The molecule has 3 aromatic carbocycles. The van der Waals surface area contributed by atoms with E-state index in [9.17, 15) is 8.42 Å². The number of nitrogens with one attached hydrogen (secondary N) is 1. The van der Waals surface area contributed by atoms with Gasteiger partial charge in [-0.05, 0) is 23.3 Å². The van der Waals surface area contributed by atoms with Crippen LogP contribution in [0.4, 0.5) is 0 Å². The summed E-state index contributed by atoms with van der Waals surface area (Å²) in [6.07, 6.45) is 1.79. The van der Waals surface area contributed by atoms with Gasteiger partial charge in [-0.2, -0.15) is 0 Å². The highest BCUT2D eigenvalue weighted by molar-refractivity contribution is 7.89. The summed E-state index contributed by atoms with van der Waals surface area (Å²) in [5.41, 5.74) is 1.90. The van der Waals surface area contributed by atoms with E-state index in [2.05, 4.69) is 11.3 Å². The Morgan fingerprint density at radius 3 is 1.69 bits per heavy atom. The number of benzene rings is 3. The summed E-state index contributed by atoms with van der Waals surface area (Å²) in [4.78, 5) is 0.247. The Kier molecular flexibility index (Phi) is 5.66. The molecule has 0 amide bonds. The standard InChI is InChI=1S/C22H21NO2S/c1-2-21(18-12-6-3-7-13-18)22(19-14-8-4-9-15-19)23-26(24,25)20-16-10-5-11-17-20/h2-17,21-23H,1H2/t21-,22+/m0/s1. The van der Waals surface area contributed by atoms with Crippen molar-refractivity contribution in [2.75, 3.05) is 0 Å². The molecule has 0 saturated carbocycles. The van der Waals surface area contributed by atoms with E-state index in [1.165, 1.54) is 0 Å². The van der Waals surface area contributed by atoms with Crippen LogP contribution in [0.3, 0.4) is 0 Å². The van der Waals surface area contributed by atoms with Gasteiger partial charge in [-0.1, -0.05) is 84.9 Å². The largest absolute Gasteiger partial charge is 0.241 e. The van der Waals surface area contributed by atoms with Crippen molar-refractivity contribution >= 4 is 10.0 Å². The lowest BCUT2D eigenvalue weighted by molar-refractivity contribution is 0.536. The second kappa shape index (κ2) is 8.13. The zero-order chi connectivity index (χ0) is 18.4. The van der Waals surface area contributed by atoms with Crippen LogP contribution < -0.4 is 4.72 Å². The van der Waals surface area contributed by atoms with E-state index in [0.717, 1.165) is 11.1 Å². The van der Waals surface area contributed by atoms with Crippen LogP contribution in [0.15, 0.2) is 109 Å². The van der Waals surface area contributed by atoms with Gasteiger partial charge in [0.15, 0.2) is 0 Å². The number of hydrogen-bond donors (Lipinski definition) is 1. The van der Waals surface area contributed by atoms with Gasteiger partial charge >= 0.3 is 0 Å². The first kappa shape index (κ1) is 18.1. The first-order valence-electron chi connectivity index (χ1n) is 8.41. The van der Waals surface area contributed by atoms with Crippen molar-refractivity contribution in [3.05, 3.63) is 115 Å². The van der Waals surface area contributed by atoms with Crippen LogP contribution in [-0.4, -0.2) is 8.42 Å². The first-order valence-corrected chi connectivity index (χ1v) is 9.90. The van der Waals surface area contributed by atoms with E-state index in [4.69, 9.17) is 0 Å². The highest BCUT2D eigenvalue weighted by Crippen LogP contribution is 2.33. The predicted molar refractivity (Wildman–Crippen MR) is 105 cm³/mol. The van der Waals surface area contributed by atoms with Gasteiger partial charge in [-0.25, -0.2) is 13.1 Å². The third kappa shape index (κ3) is 4.10. The van der Waals surface area contributed by atoms with E-state index < -0.39 is 16.1 Å². The predicted octanol–water partition coefficient (Wildman–Crippen LogP) is 4.68. The summed E-state index contributed by atoms with van der Waals surface area (Å²) in [5.74, 6) is -0.197. The van der Waals surface area contributed by atoms with Gasteiger partial charge in [0.05, 0.1) is 10.9 Å². The molecule has 132 valence electrons. The Balaban J connectivity index is 2.03. The van der Waals surface area contributed by atoms with Gasteiger partial charge in [0, 0.05) is 5.92 Å². The summed E-state index contributed by atoms with van der Waals surface area (Å²) < 4.78 is 28.7. The first-order chi connectivity index (χ1) is 12.6. The quantitative estimate of drug-likeness (QED) is 0.620. The number of sulfonamides is 1. The fourth-order valence-electron chi connectivity index (χ4n) is 2.98. The molecule has 0 aliphatic rings. The van der Waals surface area contributed by atoms with Crippen molar-refractivity contribution in [3.8, 4) is 0 Å². The highest BCUT2D eigenvalue weighted by atomic mass is 32.2.